The molecule has 5 heteroatoms. The lowest BCUT2D eigenvalue weighted by Gasteiger charge is -2.31. The lowest BCUT2D eigenvalue weighted by Crippen LogP contribution is -2.40. The Bertz CT molecular complexity index is 832. The van der Waals surface area contributed by atoms with Gasteiger partial charge in [0.1, 0.15) is 0 Å². The first-order valence-corrected chi connectivity index (χ1v) is 8.56. The van der Waals surface area contributed by atoms with Gasteiger partial charge in [0.05, 0.1) is 17.2 Å². The number of nitriles is 1. The molecule has 126 valence electrons. The van der Waals surface area contributed by atoms with Gasteiger partial charge in [-0.3, -0.25) is 9.59 Å². The summed E-state index contributed by atoms with van der Waals surface area (Å²) < 4.78 is 0. The molecule has 0 aliphatic carbocycles. The van der Waals surface area contributed by atoms with Crippen LogP contribution >= 0.6 is 11.6 Å². The highest BCUT2D eigenvalue weighted by atomic mass is 35.5. The molecule has 1 amide bonds. The summed E-state index contributed by atoms with van der Waals surface area (Å²) in [6, 6.07) is 15.8. The maximum Gasteiger partial charge on any atom is 0.255 e. The highest BCUT2D eigenvalue weighted by Gasteiger charge is 2.29. The second-order valence-electron chi connectivity index (χ2n) is 6.10. The third-order valence-electron chi connectivity index (χ3n) is 4.56. The molecule has 4 nitrogen and oxygen atoms in total. The molecule has 1 aliphatic heterocycles. The summed E-state index contributed by atoms with van der Waals surface area (Å²) in [5, 5.41) is 9.76. The van der Waals surface area contributed by atoms with Crippen LogP contribution in [0.3, 0.4) is 0 Å². The number of Topliss-reactive ketones (excluding diaryl/α,β-unsaturated/α-hetero) is 1. The Morgan fingerprint density at radius 1 is 1.04 bits per heavy atom. The number of piperidine rings is 1. The van der Waals surface area contributed by atoms with Crippen molar-refractivity contribution in [3.8, 4) is 6.07 Å². The van der Waals surface area contributed by atoms with E-state index in [0.29, 0.717) is 47.6 Å². The monoisotopic (exact) mass is 352 g/mol. The number of amides is 1. The first-order valence-electron chi connectivity index (χ1n) is 8.18. The molecule has 1 fully saturated rings. The van der Waals surface area contributed by atoms with Crippen LogP contribution in [0.2, 0.25) is 5.02 Å². The largest absolute Gasteiger partial charge is 0.339 e. The van der Waals surface area contributed by atoms with Crippen molar-refractivity contribution in [3.05, 3.63) is 70.2 Å². The SMILES string of the molecule is N#Cc1ccccc1C(=O)N1CCC(C(=O)c2ccc(Cl)cc2)CC1. The molecular formula is C20H17ClN2O2. The summed E-state index contributed by atoms with van der Waals surface area (Å²) in [4.78, 5) is 26.9. The third kappa shape index (κ3) is 3.72. The van der Waals surface area contributed by atoms with Crippen molar-refractivity contribution < 1.29 is 9.59 Å². The summed E-state index contributed by atoms with van der Waals surface area (Å²) in [7, 11) is 0. The average molecular weight is 353 g/mol. The van der Waals surface area contributed by atoms with Crippen LogP contribution in [0, 0.1) is 17.2 Å². The first kappa shape index (κ1) is 17.2. The van der Waals surface area contributed by atoms with Crippen LogP contribution in [0.15, 0.2) is 48.5 Å². The molecule has 2 aromatic carbocycles. The second kappa shape index (κ2) is 7.50. The van der Waals surface area contributed by atoms with Gasteiger partial charge in [-0.1, -0.05) is 23.7 Å². The maximum absolute atomic E-state index is 12.6. The summed E-state index contributed by atoms with van der Waals surface area (Å²) in [6.07, 6.45) is 1.25. The summed E-state index contributed by atoms with van der Waals surface area (Å²) in [5.74, 6) is -0.132. The number of carbonyl (C=O) groups is 2. The molecule has 3 rings (SSSR count). The van der Waals surface area contributed by atoms with Gasteiger partial charge in [0, 0.05) is 29.6 Å². The van der Waals surface area contributed by atoms with Gasteiger partial charge < -0.3 is 4.90 Å². The van der Waals surface area contributed by atoms with Gasteiger partial charge in [-0.15, -0.1) is 0 Å². The maximum atomic E-state index is 12.6. The number of hydrogen-bond acceptors (Lipinski definition) is 3. The van der Waals surface area contributed by atoms with E-state index in [4.69, 9.17) is 16.9 Å². The van der Waals surface area contributed by atoms with E-state index in [1.165, 1.54) is 0 Å². The highest BCUT2D eigenvalue weighted by Crippen LogP contribution is 2.24. The lowest BCUT2D eigenvalue weighted by atomic mass is 9.88. The molecule has 0 radical (unpaired) electrons. The van der Waals surface area contributed by atoms with Gasteiger partial charge in [0.15, 0.2) is 5.78 Å². The minimum absolute atomic E-state index is 0.0866. The molecule has 0 spiro atoms. The zero-order valence-electron chi connectivity index (χ0n) is 13.6. The van der Waals surface area contributed by atoms with Crippen LogP contribution in [0.4, 0.5) is 0 Å². The Labute approximate surface area is 151 Å². The van der Waals surface area contributed by atoms with Crippen LogP contribution in [0.5, 0.6) is 0 Å². The predicted octanol–water partition coefficient (Wildman–Crippen LogP) is 3.95. The Morgan fingerprint density at radius 3 is 2.32 bits per heavy atom. The first-order chi connectivity index (χ1) is 12.1. The van der Waals surface area contributed by atoms with E-state index in [1.54, 1.807) is 53.4 Å². The lowest BCUT2D eigenvalue weighted by molar-refractivity contribution is 0.0650. The fourth-order valence-corrected chi connectivity index (χ4v) is 3.26. The van der Waals surface area contributed by atoms with Crippen molar-refractivity contribution in [2.75, 3.05) is 13.1 Å². The Hall–Kier alpha value is -2.64. The average Bonchev–Trinajstić information content (AvgIpc) is 2.67. The molecule has 0 unspecified atom stereocenters. The summed E-state index contributed by atoms with van der Waals surface area (Å²) in [5.41, 5.74) is 1.46. The van der Waals surface area contributed by atoms with Gasteiger partial charge in [-0.05, 0) is 49.2 Å². The Morgan fingerprint density at radius 2 is 1.68 bits per heavy atom. The number of nitrogens with zero attached hydrogens (tertiary/aromatic N) is 2. The molecule has 2 aromatic rings. The molecule has 1 aliphatic rings. The molecule has 0 atom stereocenters. The van der Waals surface area contributed by atoms with Gasteiger partial charge in [-0.2, -0.15) is 5.26 Å². The van der Waals surface area contributed by atoms with Gasteiger partial charge in [0.25, 0.3) is 5.91 Å². The smallest absolute Gasteiger partial charge is 0.255 e. The van der Waals surface area contributed by atoms with E-state index in [0.717, 1.165) is 0 Å². The molecule has 1 heterocycles. The Balaban J connectivity index is 1.65. The van der Waals surface area contributed by atoms with Gasteiger partial charge in [-0.25, -0.2) is 0 Å². The summed E-state index contributed by atoms with van der Waals surface area (Å²) in [6.45, 7) is 1.03. The number of hydrogen-bond donors (Lipinski definition) is 0. The fourth-order valence-electron chi connectivity index (χ4n) is 3.13. The zero-order valence-corrected chi connectivity index (χ0v) is 14.4. The molecule has 0 aromatic heterocycles. The van der Waals surface area contributed by atoms with Crippen LogP contribution < -0.4 is 0 Å². The van der Waals surface area contributed by atoms with Crippen molar-refractivity contribution >= 4 is 23.3 Å². The van der Waals surface area contributed by atoms with Crippen molar-refractivity contribution in [3.63, 3.8) is 0 Å². The Kier molecular flexibility index (Phi) is 5.16. The van der Waals surface area contributed by atoms with Crippen molar-refractivity contribution in [2.24, 2.45) is 5.92 Å². The van der Waals surface area contributed by atoms with Gasteiger partial charge in [0.2, 0.25) is 0 Å². The molecular weight excluding hydrogens is 336 g/mol. The fraction of sp³-hybridized carbons (Fsp3) is 0.250. The van der Waals surface area contributed by atoms with Crippen LogP contribution in [0.1, 0.15) is 39.1 Å². The minimum Gasteiger partial charge on any atom is -0.339 e. The topological polar surface area (TPSA) is 61.2 Å². The van der Waals surface area contributed by atoms with Crippen molar-refractivity contribution in [2.45, 2.75) is 12.8 Å². The van der Waals surface area contributed by atoms with Crippen LogP contribution in [-0.4, -0.2) is 29.7 Å². The molecule has 25 heavy (non-hydrogen) atoms. The number of likely N-dealkylation sites (tertiary alicyclic amines) is 1. The van der Waals surface area contributed by atoms with E-state index < -0.39 is 0 Å². The molecule has 0 N–H and O–H groups in total. The van der Waals surface area contributed by atoms with E-state index in [2.05, 4.69) is 6.07 Å². The van der Waals surface area contributed by atoms with Crippen LogP contribution in [-0.2, 0) is 0 Å². The number of rotatable bonds is 3. The van der Waals surface area contributed by atoms with E-state index in [1.807, 2.05) is 0 Å². The number of carbonyl (C=O) groups excluding carboxylic acids is 2. The van der Waals surface area contributed by atoms with E-state index in [9.17, 15) is 9.59 Å². The molecule has 0 bridgehead atoms. The third-order valence-corrected chi connectivity index (χ3v) is 4.81. The normalized spacial score (nSPS) is 14.8. The minimum atomic E-state index is -0.144. The van der Waals surface area contributed by atoms with Crippen LogP contribution in [0.25, 0.3) is 0 Å². The van der Waals surface area contributed by atoms with E-state index >= 15 is 0 Å². The zero-order chi connectivity index (χ0) is 17.8. The van der Waals surface area contributed by atoms with Gasteiger partial charge >= 0.3 is 0 Å². The summed E-state index contributed by atoms with van der Waals surface area (Å²) >= 11 is 5.86. The molecule has 1 saturated heterocycles. The van der Waals surface area contributed by atoms with E-state index in [-0.39, 0.29) is 17.6 Å². The van der Waals surface area contributed by atoms with Crippen molar-refractivity contribution in [1.82, 2.24) is 4.90 Å². The van der Waals surface area contributed by atoms with Crippen molar-refractivity contribution in [1.29, 1.82) is 5.26 Å². The predicted molar refractivity (Wildman–Crippen MR) is 95.6 cm³/mol. The number of ketones is 1. The second-order valence-corrected chi connectivity index (χ2v) is 6.53. The number of halogens is 1. The molecule has 0 saturated carbocycles. The highest BCUT2D eigenvalue weighted by molar-refractivity contribution is 6.30. The number of benzene rings is 2. The standard InChI is InChI=1S/C20H17ClN2O2/c21-17-7-5-14(6-8-17)19(24)15-9-11-23(12-10-15)20(25)18-4-2-1-3-16(18)13-22/h1-8,15H,9-12H2. The quantitative estimate of drug-likeness (QED) is 0.786.